The number of hydrogen-bond acceptors (Lipinski definition) is 5. The number of pyridine rings is 1. The van der Waals surface area contributed by atoms with Crippen LogP contribution >= 0.6 is 0 Å². The van der Waals surface area contributed by atoms with Crippen LogP contribution in [0.2, 0.25) is 0 Å². The average molecular weight is 355 g/mol. The molecule has 7 heteroatoms. The van der Waals surface area contributed by atoms with Gasteiger partial charge in [-0.05, 0) is 50.5 Å². The molecule has 1 saturated heterocycles. The third-order valence-electron chi connectivity index (χ3n) is 6.06. The maximum absolute atomic E-state index is 13.3. The van der Waals surface area contributed by atoms with E-state index in [1.54, 1.807) is 11.8 Å². The van der Waals surface area contributed by atoms with Crippen LogP contribution in [0.5, 0.6) is 0 Å². The summed E-state index contributed by atoms with van der Waals surface area (Å²) in [4.78, 5) is 31.2. The van der Waals surface area contributed by atoms with Crippen LogP contribution in [0.1, 0.15) is 53.3 Å². The predicted octanol–water partition coefficient (Wildman–Crippen LogP) is 2.59. The Kier molecular flexibility index (Phi) is 3.36. The molecule has 2 aromatic rings. The van der Waals surface area contributed by atoms with Crippen molar-refractivity contribution in [2.24, 2.45) is 17.8 Å². The minimum atomic E-state index is -0.795. The first kappa shape index (κ1) is 15.8. The van der Waals surface area contributed by atoms with Crippen molar-refractivity contribution >= 4 is 23.0 Å². The van der Waals surface area contributed by atoms with Gasteiger partial charge in [-0.15, -0.1) is 0 Å². The van der Waals surface area contributed by atoms with Gasteiger partial charge in [-0.25, -0.2) is 4.98 Å². The van der Waals surface area contributed by atoms with Gasteiger partial charge in [0.05, 0.1) is 22.6 Å². The monoisotopic (exact) mass is 355 g/mol. The summed E-state index contributed by atoms with van der Waals surface area (Å²) in [7, 11) is 0. The van der Waals surface area contributed by atoms with Crippen molar-refractivity contribution in [3.63, 3.8) is 0 Å². The first-order valence-electron chi connectivity index (χ1n) is 9.32. The number of hydrogen-bond donors (Lipinski definition) is 1. The summed E-state index contributed by atoms with van der Waals surface area (Å²) in [6.07, 6.45) is 4.31. The molecule has 3 fully saturated rings. The number of rotatable bonds is 4. The number of carboxylic acid groups (broad SMARTS) is 1. The summed E-state index contributed by atoms with van der Waals surface area (Å²) in [5, 5.41) is 14.2. The smallest absolute Gasteiger partial charge is 0.308 e. The van der Waals surface area contributed by atoms with Crippen molar-refractivity contribution < 1.29 is 19.2 Å². The molecule has 136 valence electrons. The zero-order valence-corrected chi connectivity index (χ0v) is 14.6. The van der Waals surface area contributed by atoms with Gasteiger partial charge in [-0.3, -0.25) is 9.59 Å². The number of fused-ring (bicyclic) bond motifs is 1. The second-order valence-electron chi connectivity index (χ2n) is 7.97. The molecule has 0 aromatic carbocycles. The second kappa shape index (κ2) is 5.53. The Morgan fingerprint density at radius 3 is 2.65 bits per heavy atom. The minimum Gasteiger partial charge on any atom is -0.481 e. The van der Waals surface area contributed by atoms with Crippen molar-refractivity contribution in [1.82, 2.24) is 15.0 Å². The van der Waals surface area contributed by atoms with Crippen molar-refractivity contribution in [1.29, 1.82) is 0 Å². The van der Waals surface area contributed by atoms with E-state index in [4.69, 9.17) is 4.52 Å². The van der Waals surface area contributed by atoms with E-state index in [1.807, 2.05) is 6.07 Å². The summed E-state index contributed by atoms with van der Waals surface area (Å²) in [6.45, 7) is 2.60. The molecule has 2 atom stereocenters. The van der Waals surface area contributed by atoms with Gasteiger partial charge >= 0.3 is 5.97 Å². The maximum Gasteiger partial charge on any atom is 0.308 e. The van der Waals surface area contributed by atoms with Crippen LogP contribution in [-0.4, -0.2) is 45.1 Å². The summed E-state index contributed by atoms with van der Waals surface area (Å²) < 4.78 is 5.32. The van der Waals surface area contributed by atoms with Gasteiger partial charge in [0.15, 0.2) is 0 Å². The first-order chi connectivity index (χ1) is 12.5. The summed E-state index contributed by atoms with van der Waals surface area (Å²) in [6, 6.07) is 1.87. The average Bonchev–Trinajstić information content (AvgIpc) is 3.55. The standard InChI is InChI=1S/C19H21N3O4/c1-9-16-12(6-15(11-4-5-11)20-17(16)26-21-9)18(23)22-7-13(10-2-3-10)14(8-22)19(24)25/h6,10-11,13-14H,2-5,7-8H2,1H3,(H,24,25)/t13-,14+/m1/s1. The fourth-order valence-electron chi connectivity index (χ4n) is 4.30. The van der Waals surface area contributed by atoms with E-state index in [0.29, 0.717) is 40.7 Å². The van der Waals surface area contributed by atoms with Crippen molar-refractivity contribution in [2.45, 2.75) is 38.5 Å². The molecule has 5 rings (SSSR count). The first-order valence-corrected chi connectivity index (χ1v) is 9.32. The Balaban J connectivity index is 1.52. The molecular weight excluding hydrogens is 334 g/mol. The zero-order chi connectivity index (χ0) is 18.0. The van der Waals surface area contributed by atoms with Crippen molar-refractivity contribution in [2.75, 3.05) is 13.1 Å². The Hall–Kier alpha value is -2.44. The van der Waals surface area contributed by atoms with Crippen molar-refractivity contribution in [3.8, 4) is 0 Å². The number of carboxylic acids is 1. The molecule has 1 N–H and O–H groups in total. The molecule has 26 heavy (non-hydrogen) atoms. The summed E-state index contributed by atoms with van der Waals surface area (Å²) >= 11 is 0. The number of likely N-dealkylation sites (tertiary alicyclic amines) is 1. The van der Waals surface area contributed by atoms with E-state index in [1.165, 1.54) is 0 Å². The highest BCUT2D eigenvalue weighted by molar-refractivity contribution is 6.06. The Bertz CT molecular complexity index is 913. The quantitative estimate of drug-likeness (QED) is 0.905. The van der Waals surface area contributed by atoms with Crippen LogP contribution in [-0.2, 0) is 4.79 Å². The molecule has 3 aliphatic rings. The molecule has 0 unspecified atom stereocenters. The van der Waals surface area contributed by atoms with Gasteiger partial charge < -0.3 is 14.5 Å². The van der Waals surface area contributed by atoms with Crippen molar-refractivity contribution in [3.05, 3.63) is 23.0 Å². The lowest BCUT2D eigenvalue weighted by atomic mass is 9.92. The lowest BCUT2D eigenvalue weighted by Crippen LogP contribution is -2.30. The van der Waals surface area contributed by atoms with E-state index in [-0.39, 0.29) is 18.4 Å². The molecule has 0 radical (unpaired) electrons. The molecule has 1 amide bonds. The SMILES string of the molecule is Cc1noc2nc(C3CC3)cc(C(=O)N3C[C@H](C(=O)O)[C@@H](C4CC4)C3)c12. The number of aromatic nitrogens is 2. The highest BCUT2D eigenvalue weighted by atomic mass is 16.5. The fraction of sp³-hybridized carbons (Fsp3) is 0.579. The lowest BCUT2D eigenvalue weighted by Gasteiger charge is -2.17. The Morgan fingerprint density at radius 2 is 2.00 bits per heavy atom. The van der Waals surface area contributed by atoms with Gasteiger partial charge in [0.1, 0.15) is 0 Å². The van der Waals surface area contributed by atoms with E-state index in [0.717, 1.165) is 31.4 Å². The largest absolute Gasteiger partial charge is 0.481 e. The molecule has 2 aromatic heterocycles. The molecule has 0 spiro atoms. The van der Waals surface area contributed by atoms with Crippen LogP contribution in [0.15, 0.2) is 10.6 Å². The molecule has 2 aliphatic carbocycles. The molecule has 1 aliphatic heterocycles. The molecule has 2 saturated carbocycles. The molecular formula is C19H21N3O4. The van der Waals surface area contributed by atoms with Crippen LogP contribution in [0.25, 0.3) is 11.1 Å². The van der Waals surface area contributed by atoms with Crippen LogP contribution in [0.3, 0.4) is 0 Å². The van der Waals surface area contributed by atoms with E-state index < -0.39 is 11.9 Å². The van der Waals surface area contributed by atoms with Crippen LogP contribution in [0.4, 0.5) is 0 Å². The predicted molar refractivity (Wildman–Crippen MR) is 91.8 cm³/mol. The Labute approximate surface area is 150 Å². The van der Waals surface area contributed by atoms with E-state index >= 15 is 0 Å². The number of carbonyl (C=O) groups is 2. The summed E-state index contributed by atoms with van der Waals surface area (Å²) in [5.74, 6) is -0.473. The topological polar surface area (TPSA) is 96.5 Å². The highest BCUT2D eigenvalue weighted by Gasteiger charge is 2.47. The molecule has 0 bridgehead atoms. The van der Waals surface area contributed by atoms with Gasteiger partial charge in [-0.2, -0.15) is 0 Å². The Morgan fingerprint density at radius 1 is 1.23 bits per heavy atom. The third kappa shape index (κ3) is 2.48. The van der Waals surface area contributed by atoms with Gasteiger partial charge in [0.2, 0.25) is 0 Å². The normalized spacial score (nSPS) is 25.8. The van der Waals surface area contributed by atoms with E-state index in [2.05, 4.69) is 10.1 Å². The molecule has 7 nitrogen and oxygen atoms in total. The maximum atomic E-state index is 13.3. The van der Waals surface area contributed by atoms with Crippen LogP contribution < -0.4 is 0 Å². The van der Waals surface area contributed by atoms with Gasteiger partial charge in [0.25, 0.3) is 11.6 Å². The zero-order valence-electron chi connectivity index (χ0n) is 14.6. The number of aryl methyl sites for hydroxylation is 1. The number of amides is 1. The van der Waals surface area contributed by atoms with Gasteiger partial charge in [0, 0.05) is 24.7 Å². The van der Waals surface area contributed by atoms with Gasteiger partial charge in [-0.1, -0.05) is 5.16 Å². The third-order valence-corrected chi connectivity index (χ3v) is 6.06. The van der Waals surface area contributed by atoms with E-state index in [9.17, 15) is 14.7 Å². The van der Waals surface area contributed by atoms with Crippen LogP contribution in [0, 0.1) is 24.7 Å². The second-order valence-corrected chi connectivity index (χ2v) is 7.97. The number of nitrogens with zero attached hydrogens (tertiary/aromatic N) is 3. The lowest BCUT2D eigenvalue weighted by molar-refractivity contribution is -0.142. The fourth-order valence-corrected chi connectivity index (χ4v) is 4.30. The molecule has 3 heterocycles. The minimum absolute atomic E-state index is 0.0697. The highest BCUT2D eigenvalue weighted by Crippen LogP contribution is 2.45. The number of carbonyl (C=O) groups excluding carboxylic acids is 1. The number of aliphatic carboxylic acids is 1. The summed E-state index contributed by atoms with van der Waals surface area (Å²) in [5.41, 5.74) is 2.48.